The first-order chi connectivity index (χ1) is 16.0. The minimum absolute atomic E-state index is 0. The van der Waals surface area contributed by atoms with Crippen molar-refractivity contribution in [1.29, 1.82) is 0 Å². The molecule has 1 aliphatic rings. The molecule has 0 unspecified atom stereocenters. The van der Waals surface area contributed by atoms with E-state index < -0.39 is 5.97 Å². The summed E-state index contributed by atoms with van der Waals surface area (Å²) in [6, 6.07) is 12.7. The van der Waals surface area contributed by atoms with E-state index in [2.05, 4.69) is 11.4 Å². The first kappa shape index (κ1) is 25.7. The predicted octanol–water partition coefficient (Wildman–Crippen LogP) is 5.54. The predicted molar refractivity (Wildman–Crippen MR) is 134 cm³/mol. The van der Waals surface area contributed by atoms with Crippen LogP contribution in [0, 0.1) is 12.7 Å². The molecular weight excluding hydrogens is 455 g/mol. The second-order valence-corrected chi connectivity index (χ2v) is 8.52. The third-order valence-corrected chi connectivity index (χ3v) is 6.24. The fraction of sp³-hybridized carbons (Fsp3) is 0.333. The number of nitrogens with one attached hydrogen (secondary N) is 1. The van der Waals surface area contributed by atoms with Crippen molar-refractivity contribution >= 4 is 18.4 Å². The van der Waals surface area contributed by atoms with Gasteiger partial charge in [0, 0.05) is 12.2 Å². The molecule has 0 amide bonds. The number of methoxy groups -OCH3 is 1. The lowest BCUT2D eigenvalue weighted by Crippen LogP contribution is -2.19. The van der Waals surface area contributed by atoms with Crippen LogP contribution in [0.4, 0.5) is 4.39 Å². The van der Waals surface area contributed by atoms with Crippen LogP contribution in [0.1, 0.15) is 51.3 Å². The lowest BCUT2D eigenvalue weighted by Gasteiger charge is -2.21. The molecule has 4 rings (SSSR count). The Bertz CT molecular complexity index is 1180. The van der Waals surface area contributed by atoms with Crippen LogP contribution >= 0.6 is 12.4 Å². The van der Waals surface area contributed by atoms with E-state index in [-0.39, 0.29) is 24.0 Å². The highest BCUT2D eigenvalue weighted by atomic mass is 35.5. The maximum absolute atomic E-state index is 13.6. The highest BCUT2D eigenvalue weighted by molar-refractivity contribution is 5.91. The van der Waals surface area contributed by atoms with Crippen molar-refractivity contribution < 1.29 is 19.0 Å². The topological polar surface area (TPSA) is 71.5 Å². The molecule has 1 aromatic heterocycles. The molecule has 0 saturated heterocycles. The van der Waals surface area contributed by atoms with Gasteiger partial charge in [0.15, 0.2) is 11.6 Å². The van der Waals surface area contributed by atoms with E-state index in [9.17, 15) is 14.3 Å². The zero-order valence-corrected chi connectivity index (χ0v) is 20.3. The number of hydrogen-bond donors (Lipinski definition) is 2. The number of nitrogens with zero attached hydrogens (tertiary/aromatic N) is 1. The van der Waals surface area contributed by atoms with E-state index in [1.807, 2.05) is 19.1 Å². The van der Waals surface area contributed by atoms with Gasteiger partial charge in [0.1, 0.15) is 0 Å². The van der Waals surface area contributed by atoms with Crippen LogP contribution in [0.5, 0.6) is 5.75 Å². The van der Waals surface area contributed by atoms with Gasteiger partial charge in [0.05, 0.1) is 18.4 Å². The molecule has 0 radical (unpaired) electrons. The Balaban J connectivity index is 0.00000324. The third-order valence-electron chi connectivity index (χ3n) is 6.24. The van der Waals surface area contributed by atoms with Gasteiger partial charge in [-0.1, -0.05) is 18.2 Å². The zero-order chi connectivity index (χ0) is 23.4. The number of carboxylic acids is 1. The first-order valence-electron chi connectivity index (χ1n) is 11.4. The number of aromatic nitrogens is 1. The number of hydrogen-bond acceptors (Lipinski definition) is 4. The number of fused-ring (bicyclic) bond motifs is 1. The molecule has 0 bridgehead atoms. The van der Waals surface area contributed by atoms with Gasteiger partial charge >= 0.3 is 5.97 Å². The number of pyridine rings is 1. The molecule has 0 atom stereocenters. The fourth-order valence-corrected chi connectivity index (χ4v) is 4.44. The first-order valence-corrected chi connectivity index (χ1v) is 11.4. The summed E-state index contributed by atoms with van der Waals surface area (Å²) in [7, 11) is 1.47. The highest BCUT2D eigenvalue weighted by Crippen LogP contribution is 2.32. The average molecular weight is 485 g/mol. The summed E-state index contributed by atoms with van der Waals surface area (Å²) in [6.45, 7) is 3.15. The van der Waals surface area contributed by atoms with E-state index in [0.29, 0.717) is 12.1 Å². The standard InChI is InChI=1S/C27H29FN2O3.ClH/c1-17-7-9-19(14-22(17)27(31)32)23-15-20(30-25-6-4-3-5-21(23)25)16-29-12-11-18-8-10-24(28)26(13-18)33-2;/h7-10,13-15,29H,3-6,11-12,16H2,1-2H3,(H,31,32);1H. The molecule has 2 N–H and O–H groups in total. The Kier molecular flexibility index (Phi) is 8.64. The molecule has 5 nitrogen and oxygen atoms in total. The van der Waals surface area contributed by atoms with Crippen LogP contribution in [-0.4, -0.2) is 29.7 Å². The summed E-state index contributed by atoms with van der Waals surface area (Å²) >= 11 is 0. The van der Waals surface area contributed by atoms with Crippen LogP contribution in [0.2, 0.25) is 0 Å². The Labute approximate surface area is 205 Å². The van der Waals surface area contributed by atoms with Crippen LogP contribution in [-0.2, 0) is 25.8 Å². The summed E-state index contributed by atoms with van der Waals surface area (Å²) in [5.41, 5.74) is 7.41. The number of halogens is 2. The SMILES string of the molecule is COc1cc(CCNCc2cc(-c3ccc(C)c(C(=O)O)c3)c3c(n2)CCCC3)ccc1F.Cl. The van der Waals surface area contributed by atoms with Gasteiger partial charge in [-0.3, -0.25) is 4.98 Å². The molecule has 34 heavy (non-hydrogen) atoms. The number of carboxylic acid groups (broad SMARTS) is 1. The van der Waals surface area contributed by atoms with Crippen molar-refractivity contribution in [2.75, 3.05) is 13.7 Å². The molecule has 0 aliphatic heterocycles. The van der Waals surface area contributed by atoms with Crippen LogP contribution in [0.25, 0.3) is 11.1 Å². The quantitative estimate of drug-likeness (QED) is 0.411. The number of aromatic carboxylic acids is 1. The molecule has 7 heteroatoms. The van der Waals surface area contributed by atoms with Crippen molar-refractivity contribution in [3.63, 3.8) is 0 Å². The highest BCUT2D eigenvalue weighted by Gasteiger charge is 2.19. The van der Waals surface area contributed by atoms with Crippen molar-refractivity contribution in [2.24, 2.45) is 0 Å². The Morgan fingerprint density at radius 1 is 1.15 bits per heavy atom. The Hall–Kier alpha value is -2.96. The van der Waals surface area contributed by atoms with Crippen molar-refractivity contribution in [3.05, 3.63) is 81.9 Å². The number of aryl methyl sites for hydroxylation is 2. The summed E-state index contributed by atoms with van der Waals surface area (Å²) in [4.78, 5) is 16.6. The largest absolute Gasteiger partial charge is 0.494 e. The van der Waals surface area contributed by atoms with Gasteiger partial charge in [-0.25, -0.2) is 9.18 Å². The molecular formula is C27H30ClFN2O3. The Morgan fingerprint density at radius 3 is 2.71 bits per heavy atom. The molecule has 1 aliphatic carbocycles. The number of rotatable bonds is 8. The number of carbonyl (C=O) groups is 1. The summed E-state index contributed by atoms with van der Waals surface area (Å²) in [5, 5.41) is 13.0. The number of ether oxygens (including phenoxy) is 1. The molecule has 180 valence electrons. The van der Waals surface area contributed by atoms with Crippen molar-refractivity contribution in [2.45, 2.75) is 45.6 Å². The normalized spacial score (nSPS) is 12.6. The van der Waals surface area contributed by atoms with Crippen LogP contribution < -0.4 is 10.1 Å². The molecule has 1 heterocycles. The van der Waals surface area contributed by atoms with Gasteiger partial charge in [0.2, 0.25) is 0 Å². The van der Waals surface area contributed by atoms with Crippen LogP contribution in [0.15, 0.2) is 42.5 Å². The number of benzene rings is 2. The van der Waals surface area contributed by atoms with Gasteiger partial charge < -0.3 is 15.2 Å². The molecule has 0 saturated carbocycles. The third kappa shape index (κ3) is 5.75. The summed E-state index contributed by atoms with van der Waals surface area (Å²) in [6.07, 6.45) is 4.90. The maximum atomic E-state index is 13.6. The monoisotopic (exact) mass is 484 g/mol. The minimum Gasteiger partial charge on any atom is -0.494 e. The summed E-state index contributed by atoms with van der Waals surface area (Å²) in [5.74, 6) is -1.01. The minimum atomic E-state index is -0.906. The van der Waals surface area contributed by atoms with Crippen LogP contribution in [0.3, 0.4) is 0 Å². The fourth-order valence-electron chi connectivity index (χ4n) is 4.44. The average Bonchev–Trinajstić information content (AvgIpc) is 2.82. The second kappa shape index (κ2) is 11.4. The smallest absolute Gasteiger partial charge is 0.335 e. The Morgan fingerprint density at radius 2 is 1.94 bits per heavy atom. The maximum Gasteiger partial charge on any atom is 0.335 e. The van der Waals surface area contributed by atoms with E-state index >= 15 is 0 Å². The van der Waals surface area contributed by atoms with E-state index in [0.717, 1.165) is 72.3 Å². The van der Waals surface area contributed by atoms with Crippen molar-refractivity contribution in [3.8, 4) is 16.9 Å². The molecule has 0 spiro atoms. The second-order valence-electron chi connectivity index (χ2n) is 8.52. The van der Waals surface area contributed by atoms with Crippen molar-refractivity contribution in [1.82, 2.24) is 10.3 Å². The van der Waals surface area contributed by atoms with Gasteiger partial charge in [-0.15, -0.1) is 12.4 Å². The van der Waals surface area contributed by atoms with E-state index in [4.69, 9.17) is 9.72 Å². The summed E-state index contributed by atoms with van der Waals surface area (Å²) < 4.78 is 18.7. The van der Waals surface area contributed by atoms with E-state index in [1.165, 1.54) is 18.7 Å². The zero-order valence-electron chi connectivity index (χ0n) is 19.5. The van der Waals surface area contributed by atoms with Gasteiger partial charge in [0.25, 0.3) is 0 Å². The van der Waals surface area contributed by atoms with E-state index in [1.54, 1.807) is 18.2 Å². The molecule has 3 aromatic rings. The lowest BCUT2D eigenvalue weighted by molar-refractivity contribution is 0.0696. The van der Waals surface area contributed by atoms with Gasteiger partial charge in [-0.2, -0.15) is 0 Å². The molecule has 0 fully saturated rings. The molecule has 2 aromatic carbocycles. The lowest BCUT2D eigenvalue weighted by atomic mass is 9.88. The van der Waals surface area contributed by atoms with Gasteiger partial charge in [-0.05, 0) is 97.7 Å².